The van der Waals surface area contributed by atoms with Crippen molar-refractivity contribution >= 4 is 0 Å². The van der Waals surface area contributed by atoms with E-state index in [9.17, 15) is 0 Å². The van der Waals surface area contributed by atoms with E-state index in [1.807, 2.05) is 0 Å². The Hall–Kier alpha value is -0.800. The van der Waals surface area contributed by atoms with Gasteiger partial charge in [0, 0.05) is 12.1 Å². The van der Waals surface area contributed by atoms with E-state index in [-0.39, 0.29) is 0 Å². The molecule has 0 bridgehead atoms. The van der Waals surface area contributed by atoms with Gasteiger partial charge in [-0.2, -0.15) is 0 Å². The molecule has 1 saturated carbocycles. The summed E-state index contributed by atoms with van der Waals surface area (Å²) in [5.74, 6) is 2.23. The van der Waals surface area contributed by atoms with Crippen LogP contribution in [-0.4, -0.2) is 23.5 Å². The van der Waals surface area contributed by atoms with Crippen LogP contribution in [0.25, 0.3) is 0 Å². The van der Waals surface area contributed by atoms with E-state index in [2.05, 4.69) is 29.3 Å². The minimum Gasteiger partial charge on any atom is -0.463 e. The lowest BCUT2D eigenvalue weighted by Crippen LogP contribution is -2.38. The Morgan fingerprint density at radius 1 is 1.20 bits per heavy atom. The Morgan fingerprint density at radius 3 is 2.85 bits per heavy atom. The molecule has 2 heterocycles. The summed E-state index contributed by atoms with van der Waals surface area (Å²) in [4.78, 5) is 2.63. The first kappa shape index (κ1) is 14.2. The lowest BCUT2D eigenvalue weighted by Gasteiger charge is -2.35. The first-order valence-electron chi connectivity index (χ1n) is 8.40. The fraction of sp³-hybridized carbons (Fsp3) is 0.765. The summed E-state index contributed by atoms with van der Waals surface area (Å²) < 4.78 is 5.99. The molecule has 2 aliphatic rings. The summed E-state index contributed by atoms with van der Waals surface area (Å²) in [6, 6.07) is 5.83. The van der Waals surface area contributed by atoms with Crippen molar-refractivity contribution in [2.24, 2.45) is 0 Å². The van der Waals surface area contributed by atoms with Crippen LogP contribution >= 0.6 is 0 Å². The highest BCUT2D eigenvalue weighted by molar-refractivity contribution is 5.08. The van der Waals surface area contributed by atoms with Crippen LogP contribution in [0.3, 0.4) is 0 Å². The molecule has 112 valence electrons. The first-order valence-corrected chi connectivity index (χ1v) is 8.40. The molecule has 2 fully saturated rings. The molecule has 3 rings (SSSR count). The van der Waals surface area contributed by atoms with E-state index in [0.29, 0.717) is 0 Å². The number of rotatable bonds is 7. The van der Waals surface area contributed by atoms with Crippen LogP contribution in [0.5, 0.6) is 0 Å². The highest BCUT2D eigenvalue weighted by Crippen LogP contribution is 2.24. The van der Waals surface area contributed by atoms with Crippen LogP contribution in [0.4, 0.5) is 0 Å². The average Bonchev–Trinajstić information content (AvgIpc) is 3.19. The van der Waals surface area contributed by atoms with Crippen molar-refractivity contribution in [1.29, 1.82) is 0 Å². The molecule has 1 N–H and O–H groups in total. The second-order valence-corrected chi connectivity index (χ2v) is 6.43. The molecule has 1 aliphatic carbocycles. The second kappa shape index (κ2) is 6.77. The minimum absolute atomic E-state index is 0.750. The van der Waals surface area contributed by atoms with Crippen molar-refractivity contribution in [3.05, 3.63) is 23.7 Å². The molecule has 1 atom stereocenters. The highest BCUT2D eigenvalue weighted by Gasteiger charge is 2.23. The summed E-state index contributed by atoms with van der Waals surface area (Å²) >= 11 is 0. The Bertz CT molecular complexity index is 409. The number of furan rings is 1. The molecule has 3 nitrogen and oxygen atoms in total. The third kappa shape index (κ3) is 3.86. The van der Waals surface area contributed by atoms with Gasteiger partial charge in [0.05, 0.1) is 13.1 Å². The van der Waals surface area contributed by atoms with Gasteiger partial charge >= 0.3 is 0 Å². The quantitative estimate of drug-likeness (QED) is 0.823. The zero-order valence-electron chi connectivity index (χ0n) is 12.7. The van der Waals surface area contributed by atoms with Crippen molar-refractivity contribution in [2.75, 3.05) is 6.54 Å². The van der Waals surface area contributed by atoms with Crippen LogP contribution in [0.1, 0.15) is 63.4 Å². The number of hydrogen-bond acceptors (Lipinski definition) is 3. The summed E-state index contributed by atoms with van der Waals surface area (Å²) in [5.41, 5.74) is 0. The Labute approximate surface area is 122 Å². The number of nitrogens with one attached hydrogen (secondary N) is 1. The van der Waals surface area contributed by atoms with Gasteiger partial charge in [-0.25, -0.2) is 0 Å². The van der Waals surface area contributed by atoms with E-state index in [1.165, 1.54) is 51.5 Å². The number of hydrogen-bond donors (Lipinski definition) is 1. The predicted molar refractivity (Wildman–Crippen MR) is 81.5 cm³/mol. The Morgan fingerprint density at radius 2 is 2.05 bits per heavy atom. The summed E-state index contributed by atoms with van der Waals surface area (Å²) in [7, 11) is 0. The van der Waals surface area contributed by atoms with Gasteiger partial charge in [-0.05, 0) is 50.8 Å². The van der Waals surface area contributed by atoms with Gasteiger partial charge in [0.25, 0.3) is 0 Å². The lowest BCUT2D eigenvalue weighted by atomic mass is 9.98. The minimum atomic E-state index is 0.750. The number of piperidine rings is 1. The van der Waals surface area contributed by atoms with Crippen molar-refractivity contribution in [2.45, 2.75) is 77.0 Å². The fourth-order valence-corrected chi connectivity index (χ4v) is 3.26. The van der Waals surface area contributed by atoms with Gasteiger partial charge in [0.1, 0.15) is 11.5 Å². The van der Waals surface area contributed by atoms with Gasteiger partial charge in [-0.1, -0.05) is 19.8 Å². The molecular formula is C17H28N2O. The molecule has 20 heavy (non-hydrogen) atoms. The standard InChI is InChI=1S/C17H28N2O/c1-2-5-15-6-3-4-11-19(15)13-17-10-9-16(20-17)12-18-14-7-8-14/h9-10,14-15,18H,2-8,11-13H2,1H3. The normalized spacial score (nSPS) is 24.1. The topological polar surface area (TPSA) is 28.4 Å². The van der Waals surface area contributed by atoms with Crippen molar-refractivity contribution in [1.82, 2.24) is 10.2 Å². The zero-order chi connectivity index (χ0) is 13.8. The third-order valence-corrected chi connectivity index (χ3v) is 4.59. The van der Waals surface area contributed by atoms with Crippen molar-refractivity contribution < 1.29 is 4.42 Å². The molecular weight excluding hydrogens is 248 g/mol. The summed E-state index contributed by atoms with van der Waals surface area (Å²) in [6.45, 7) is 5.42. The van der Waals surface area contributed by atoms with E-state index in [0.717, 1.165) is 36.7 Å². The summed E-state index contributed by atoms with van der Waals surface area (Å²) in [6.07, 6.45) is 9.39. The van der Waals surface area contributed by atoms with E-state index in [4.69, 9.17) is 4.42 Å². The molecule has 1 aromatic rings. The molecule has 0 aromatic carbocycles. The average molecular weight is 276 g/mol. The molecule has 0 amide bonds. The van der Waals surface area contributed by atoms with Crippen molar-refractivity contribution in [3.8, 4) is 0 Å². The van der Waals surface area contributed by atoms with Gasteiger partial charge in [-0.15, -0.1) is 0 Å². The molecule has 1 unspecified atom stereocenters. The van der Waals surface area contributed by atoms with Crippen LogP contribution < -0.4 is 5.32 Å². The van der Waals surface area contributed by atoms with Gasteiger partial charge in [0.15, 0.2) is 0 Å². The Kier molecular flexibility index (Phi) is 4.79. The number of likely N-dealkylation sites (tertiary alicyclic amines) is 1. The predicted octanol–water partition coefficient (Wildman–Crippen LogP) is 3.69. The van der Waals surface area contributed by atoms with Crippen LogP contribution in [0.2, 0.25) is 0 Å². The van der Waals surface area contributed by atoms with Gasteiger partial charge in [-0.3, -0.25) is 4.90 Å². The van der Waals surface area contributed by atoms with E-state index >= 15 is 0 Å². The lowest BCUT2D eigenvalue weighted by molar-refractivity contribution is 0.121. The van der Waals surface area contributed by atoms with Crippen LogP contribution in [0, 0.1) is 0 Å². The maximum absolute atomic E-state index is 5.99. The van der Waals surface area contributed by atoms with Crippen LogP contribution in [-0.2, 0) is 13.1 Å². The zero-order valence-corrected chi connectivity index (χ0v) is 12.7. The van der Waals surface area contributed by atoms with Gasteiger partial charge < -0.3 is 9.73 Å². The largest absolute Gasteiger partial charge is 0.463 e. The third-order valence-electron chi connectivity index (χ3n) is 4.59. The van der Waals surface area contributed by atoms with Crippen molar-refractivity contribution in [3.63, 3.8) is 0 Å². The van der Waals surface area contributed by atoms with Gasteiger partial charge in [0.2, 0.25) is 0 Å². The highest BCUT2D eigenvalue weighted by atomic mass is 16.3. The number of nitrogens with zero attached hydrogens (tertiary/aromatic N) is 1. The first-order chi connectivity index (χ1) is 9.85. The second-order valence-electron chi connectivity index (χ2n) is 6.43. The molecule has 0 spiro atoms. The maximum Gasteiger partial charge on any atom is 0.118 e. The Balaban J connectivity index is 1.52. The monoisotopic (exact) mass is 276 g/mol. The summed E-state index contributed by atoms with van der Waals surface area (Å²) in [5, 5.41) is 3.51. The SMILES string of the molecule is CCCC1CCCCN1Cc1ccc(CNC2CC2)o1. The fourth-order valence-electron chi connectivity index (χ4n) is 3.26. The smallest absolute Gasteiger partial charge is 0.118 e. The molecule has 0 radical (unpaired) electrons. The molecule has 1 aromatic heterocycles. The molecule has 1 saturated heterocycles. The molecule has 1 aliphatic heterocycles. The molecule has 3 heteroatoms. The maximum atomic E-state index is 5.99. The van der Waals surface area contributed by atoms with Crippen LogP contribution in [0.15, 0.2) is 16.5 Å². The van der Waals surface area contributed by atoms with E-state index < -0.39 is 0 Å². The van der Waals surface area contributed by atoms with E-state index in [1.54, 1.807) is 0 Å².